The smallest absolute Gasteiger partial charge is 0.119 e. The van der Waals surface area contributed by atoms with Crippen LogP contribution < -0.4 is 10.1 Å². The Hall–Kier alpha value is -1.000. The number of ether oxygens (including phenoxy) is 1. The summed E-state index contributed by atoms with van der Waals surface area (Å²) < 4.78 is 5.33. The van der Waals surface area contributed by atoms with Gasteiger partial charge < -0.3 is 10.1 Å². The SMILES string of the molecule is COc1ccc2cc([C@@H](CC(C)C)N3CCNCC3)ccc2c1.Cl.Cl. The molecule has 1 heterocycles. The summed E-state index contributed by atoms with van der Waals surface area (Å²) in [4.78, 5) is 2.64. The van der Waals surface area contributed by atoms with E-state index in [2.05, 4.69) is 54.4 Å². The Morgan fingerprint density at radius 2 is 1.64 bits per heavy atom. The highest BCUT2D eigenvalue weighted by molar-refractivity contribution is 5.86. The Morgan fingerprint density at radius 3 is 2.28 bits per heavy atom. The minimum atomic E-state index is 0. The summed E-state index contributed by atoms with van der Waals surface area (Å²) in [7, 11) is 1.72. The van der Waals surface area contributed by atoms with Crippen LogP contribution in [0.15, 0.2) is 36.4 Å². The lowest BCUT2D eigenvalue weighted by molar-refractivity contribution is 0.154. The van der Waals surface area contributed by atoms with Crippen LogP contribution in [0.4, 0.5) is 0 Å². The number of hydrogen-bond acceptors (Lipinski definition) is 3. The molecular weight excluding hydrogens is 355 g/mol. The first-order chi connectivity index (χ1) is 11.2. The van der Waals surface area contributed by atoms with E-state index in [4.69, 9.17) is 4.74 Å². The molecule has 2 aromatic rings. The predicted octanol–water partition coefficient (Wildman–Crippen LogP) is 4.68. The lowest BCUT2D eigenvalue weighted by Gasteiger charge is -2.36. The van der Waals surface area contributed by atoms with E-state index in [0.717, 1.165) is 31.9 Å². The molecule has 3 nitrogen and oxygen atoms in total. The first-order valence-electron chi connectivity index (χ1n) is 8.70. The topological polar surface area (TPSA) is 24.5 Å². The summed E-state index contributed by atoms with van der Waals surface area (Å²) in [6, 6.07) is 13.8. The number of nitrogens with zero attached hydrogens (tertiary/aromatic N) is 1. The summed E-state index contributed by atoms with van der Waals surface area (Å²) in [6.45, 7) is 9.11. The van der Waals surface area contributed by atoms with Crippen LogP contribution in [0.1, 0.15) is 31.9 Å². The minimum Gasteiger partial charge on any atom is -0.497 e. The van der Waals surface area contributed by atoms with E-state index in [1.807, 2.05) is 6.07 Å². The first-order valence-corrected chi connectivity index (χ1v) is 8.70. The molecule has 0 spiro atoms. The number of rotatable bonds is 5. The van der Waals surface area contributed by atoms with Crippen LogP contribution in [-0.4, -0.2) is 38.2 Å². The fourth-order valence-corrected chi connectivity index (χ4v) is 3.51. The standard InChI is InChI=1S/C20H28N2O.2ClH/c1-15(2)12-20(22-10-8-21-9-11-22)18-5-4-17-14-19(23-3)7-6-16(17)13-18;;/h4-7,13-15,20-21H,8-12H2,1-3H3;2*1H/t20-;;/m1../s1. The van der Waals surface area contributed by atoms with Gasteiger partial charge in [-0.05, 0) is 46.9 Å². The molecule has 1 fully saturated rings. The third-order valence-corrected chi connectivity index (χ3v) is 4.74. The first kappa shape index (κ1) is 22.0. The summed E-state index contributed by atoms with van der Waals surface area (Å²) in [5, 5.41) is 6.01. The fraction of sp³-hybridized carbons (Fsp3) is 0.500. The molecular formula is C20H30Cl2N2O. The number of halogens is 2. The van der Waals surface area contributed by atoms with E-state index in [9.17, 15) is 0 Å². The van der Waals surface area contributed by atoms with Crippen LogP contribution in [-0.2, 0) is 0 Å². The quantitative estimate of drug-likeness (QED) is 0.809. The number of methoxy groups -OCH3 is 1. The zero-order valence-electron chi connectivity index (χ0n) is 15.3. The van der Waals surface area contributed by atoms with Crippen LogP contribution in [0.3, 0.4) is 0 Å². The van der Waals surface area contributed by atoms with Crippen molar-refractivity contribution in [2.75, 3.05) is 33.3 Å². The van der Waals surface area contributed by atoms with Crippen LogP contribution in [0.2, 0.25) is 0 Å². The van der Waals surface area contributed by atoms with Crippen molar-refractivity contribution in [3.8, 4) is 5.75 Å². The molecule has 0 amide bonds. The maximum absolute atomic E-state index is 5.33. The molecule has 1 atom stereocenters. The van der Waals surface area contributed by atoms with Gasteiger partial charge in [-0.25, -0.2) is 0 Å². The molecule has 0 unspecified atom stereocenters. The van der Waals surface area contributed by atoms with Crippen molar-refractivity contribution in [1.29, 1.82) is 0 Å². The van der Waals surface area contributed by atoms with E-state index in [0.29, 0.717) is 12.0 Å². The molecule has 5 heteroatoms. The van der Waals surface area contributed by atoms with E-state index < -0.39 is 0 Å². The van der Waals surface area contributed by atoms with Crippen molar-refractivity contribution in [1.82, 2.24) is 10.2 Å². The monoisotopic (exact) mass is 384 g/mol. The van der Waals surface area contributed by atoms with Crippen molar-refractivity contribution < 1.29 is 4.74 Å². The van der Waals surface area contributed by atoms with Crippen molar-refractivity contribution in [3.05, 3.63) is 42.0 Å². The fourth-order valence-electron chi connectivity index (χ4n) is 3.51. The van der Waals surface area contributed by atoms with E-state index in [1.54, 1.807) is 7.11 Å². The van der Waals surface area contributed by atoms with Crippen molar-refractivity contribution in [2.45, 2.75) is 26.3 Å². The second-order valence-corrected chi connectivity index (χ2v) is 6.90. The zero-order valence-corrected chi connectivity index (χ0v) is 17.0. The van der Waals surface area contributed by atoms with Gasteiger partial charge in [0, 0.05) is 32.2 Å². The lowest BCUT2D eigenvalue weighted by Crippen LogP contribution is -2.45. The maximum atomic E-state index is 5.33. The molecule has 25 heavy (non-hydrogen) atoms. The molecule has 2 aromatic carbocycles. The summed E-state index contributed by atoms with van der Waals surface area (Å²) in [6.07, 6.45) is 1.21. The Morgan fingerprint density at radius 1 is 1.00 bits per heavy atom. The Kier molecular flexibility index (Phi) is 9.01. The van der Waals surface area contributed by atoms with Crippen LogP contribution in [0.5, 0.6) is 5.75 Å². The van der Waals surface area contributed by atoms with Gasteiger partial charge in [0.25, 0.3) is 0 Å². The average molecular weight is 385 g/mol. The van der Waals surface area contributed by atoms with Crippen molar-refractivity contribution in [3.63, 3.8) is 0 Å². The van der Waals surface area contributed by atoms with E-state index >= 15 is 0 Å². The molecule has 0 saturated carbocycles. The summed E-state index contributed by atoms with van der Waals surface area (Å²) in [5.74, 6) is 1.62. The van der Waals surface area contributed by atoms with Crippen LogP contribution >= 0.6 is 24.8 Å². The molecule has 1 aliphatic rings. The Bertz CT molecular complexity index is 657. The second kappa shape index (κ2) is 10.2. The zero-order chi connectivity index (χ0) is 16.2. The Balaban J connectivity index is 0.00000156. The molecule has 0 aromatic heterocycles. The highest BCUT2D eigenvalue weighted by Crippen LogP contribution is 2.31. The van der Waals surface area contributed by atoms with Gasteiger partial charge >= 0.3 is 0 Å². The van der Waals surface area contributed by atoms with Gasteiger partial charge in [0.15, 0.2) is 0 Å². The minimum absolute atomic E-state index is 0. The summed E-state index contributed by atoms with van der Waals surface area (Å²) >= 11 is 0. The Labute approximate surface area is 163 Å². The number of hydrogen-bond donors (Lipinski definition) is 1. The van der Waals surface area contributed by atoms with E-state index in [1.165, 1.54) is 22.8 Å². The van der Waals surface area contributed by atoms with Crippen molar-refractivity contribution >= 4 is 35.6 Å². The third kappa shape index (κ3) is 5.49. The predicted molar refractivity (Wildman–Crippen MR) is 112 cm³/mol. The molecule has 140 valence electrons. The van der Waals surface area contributed by atoms with Gasteiger partial charge in [-0.3, -0.25) is 4.90 Å². The number of benzene rings is 2. The lowest BCUT2D eigenvalue weighted by atomic mass is 9.93. The molecule has 0 bridgehead atoms. The molecule has 1 N–H and O–H groups in total. The molecule has 1 aliphatic heterocycles. The van der Waals surface area contributed by atoms with Gasteiger partial charge in [-0.15, -0.1) is 24.8 Å². The molecule has 0 radical (unpaired) electrons. The largest absolute Gasteiger partial charge is 0.497 e. The highest BCUT2D eigenvalue weighted by Gasteiger charge is 2.23. The number of fused-ring (bicyclic) bond motifs is 1. The molecule has 0 aliphatic carbocycles. The normalized spacial score (nSPS) is 16.2. The van der Waals surface area contributed by atoms with Crippen LogP contribution in [0.25, 0.3) is 10.8 Å². The van der Waals surface area contributed by atoms with E-state index in [-0.39, 0.29) is 24.8 Å². The van der Waals surface area contributed by atoms with Gasteiger partial charge in [-0.2, -0.15) is 0 Å². The maximum Gasteiger partial charge on any atom is 0.119 e. The van der Waals surface area contributed by atoms with Crippen LogP contribution in [0, 0.1) is 5.92 Å². The molecule has 1 saturated heterocycles. The second-order valence-electron chi connectivity index (χ2n) is 6.90. The third-order valence-electron chi connectivity index (χ3n) is 4.74. The van der Waals surface area contributed by atoms with Gasteiger partial charge in [0.1, 0.15) is 5.75 Å². The number of nitrogens with one attached hydrogen (secondary N) is 1. The van der Waals surface area contributed by atoms with Gasteiger partial charge in [-0.1, -0.05) is 32.0 Å². The van der Waals surface area contributed by atoms with Gasteiger partial charge in [0.05, 0.1) is 7.11 Å². The highest BCUT2D eigenvalue weighted by atomic mass is 35.5. The average Bonchev–Trinajstić information content (AvgIpc) is 2.59. The summed E-state index contributed by atoms with van der Waals surface area (Å²) in [5.41, 5.74) is 1.44. The van der Waals surface area contributed by atoms with Gasteiger partial charge in [0.2, 0.25) is 0 Å². The van der Waals surface area contributed by atoms with Crippen molar-refractivity contribution in [2.24, 2.45) is 5.92 Å². The number of piperazine rings is 1. The molecule has 3 rings (SSSR count).